The van der Waals surface area contributed by atoms with Crippen molar-refractivity contribution < 1.29 is 4.79 Å². The number of benzene rings is 1. The number of nitrogen functional groups attached to an aromatic ring is 1. The Morgan fingerprint density at radius 1 is 1.38 bits per heavy atom. The molecule has 0 amide bonds. The summed E-state index contributed by atoms with van der Waals surface area (Å²) in [6, 6.07) is 4.60. The molecule has 2 N–H and O–H groups in total. The minimum absolute atomic E-state index is 0.000965. The first kappa shape index (κ1) is 10.9. The van der Waals surface area contributed by atoms with E-state index < -0.39 is 5.91 Å². The molecule has 82 valence electrons. The Bertz CT molecular complexity index is 552. The van der Waals surface area contributed by atoms with E-state index in [-0.39, 0.29) is 11.5 Å². The molecule has 0 atom stereocenters. The number of nitrogens with zero attached hydrogens (tertiary/aromatic N) is 3. The normalized spacial score (nSPS) is 10.4. The molecule has 0 aliphatic carbocycles. The summed E-state index contributed by atoms with van der Waals surface area (Å²) in [6.07, 6.45) is 1.22. The molecule has 1 aromatic heterocycles. The van der Waals surface area contributed by atoms with Gasteiger partial charge in [-0.05, 0) is 18.2 Å². The van der Waals surface area contributed by atoms with Crippen LogP contribution in [0.25, 0.3) is 0 Å². The highest BCUT2D eigenvalue weighted by Gasteiger charge is 2.15. The lowest BCUT2D eigenvalue weighted by molar-refractivity contribution is 0.0962. The van der Waals surface area contributed by atoms with Crippen LogP contribution in [0.2, 0.25) is 10.0 Å². The van der Waals surface area contributed by atoms with Gasteiger partial charge in [0.05, 0.1) is 10.6 Å². The number of anilines is 1. The average molecular weight is 257 g/mol. The molecule has 0 spiro atoms. The van der Waals surface area contributed by atoms with E-state index >= 15 is 0 Å². The summed E-state index contributed by atoms with van der Waals surface area (Å²) in [5, 5.41) is 7.73. The van der Waals surface area contributed by atoms with Gasteiger partial charge in [-0.2, -0.15) is 0 Å². The molecular weight excluding hydrogens is 251 g/mol. The van der Waals surface area contributed by atoms with Crippen molar-refractivity contribution in [1.29, 1.82) is 0 Å². The second kappa shape index (κ2) is 4.11. The van der Waals surface area contributed by atoms with Crippen molar-refractivity contribution in [2.45, 2.75) is 0 Å². The third-order valence-electron chi connectivity index (χ3n) is 1.95. The first-order valence-corrected chi connectivity index (χ1v) is 5.00. The lowest BCUT2D eigenvalue weighted by Crippen LogP contribution is -2.14. The molecular formula is C9H6Cl2N4O. The van der Waals surface area contributed by atoms with Gasteiger partial charge >= 0.3 is 0 Å². The summed E-state index contributed by atoms with van der Waals surface area (Å²) in [7, 11) is 0. The Balaban J connectivity index is 2.49. The van der Waals surface area contributed by atoms with Gasteiger partial charge in [-0.3, -0.25) is 4.79 Å². The molecule has 0 radical (unpaired) electrons. The van der Waals surface area contributed by atoms with Crippen LogP contribution in [0.15, 0.2) is 24.5 Å². The molecule has 0 bridgehead atoms. The zero-order chi connectivity index (χ0) is 11.7. The summed E-state index contributed by atoms with van der Waals surface area (Å²) in [4.78, 5) is 12.0. The van der Waals surface area contributed by atoms with Crippen molar-refractivity contribution in [3.63, 3.8) is 0 Å². The van der Waals surface area contributed by atoms with Crippen molar-refractivity contribution >= 4 is 35.1 Å². The van der Waals surface area contributed by atoms with E-state index in [9.17, 15) is 4.79 Å². The highest BCUT2D eigenvalue weighted by Crippen LogP contribution is 2.21. The van der Waals surface area contributed by atoms with Crippen LogP contribution in [0, 0.1) is 0 Å². The molecule has 2 aromatic rings. The van der Waals surface area contributed by atoms with Gasteiger partial charge in [-0.1, -0.05) is 23.2 Å². The predicted octanol–water partition coefficient (Wildman–Crippen LogP) is 1.86. The van der Waals surface area contributed by atoms with Gasteiger partial charge in [-0.15, -0.1) is 10.2 Å². The molecule has 0 fully saturated rings. The van der Waals surface area contributed by atoms with E-state index in [1.54, 1.807) is 6.07 Å². The fourth-order valence-corrected chi connectivity index (χ4v) is 1.56. The molecule has 0 aliphatic rings. The van der Waals surface area contributed by atoms with E-state index in [4.69, 9.17) is 28.9 Å². The van der Waals surface area contributed by atoms with Crippen LogP contribution in [-0.4, -0.2) is 20.7 Å². The second-order valence-corrected chi connectivity index (χ2v) is 3.83. The Hall–Kier alpha value is -1.59. The van der Waals surface area contributed by atoms with Crippen LogP contribution >= 0.6 is 23.2 Å². The average Bonchev–Trinajstić information content (AvgIpc) is 2.67. The zero-order valence-electron chi connectivity index (χ0n) is 7.89. The maximum atomic E-state index is 12.0. The lowest BCUT2D eigenvalue weighted by Gasteiger charge is -2.04. The Morgan fingerprint density at radius 2 is 2.12 bits per heavy atom. The van der Waals surface area contributed by atoms with Crippen LogP contribution in [0.1, 0.15) is 10.4 Å². The molecule has 0 saturated heterocycles. The molecule has 5 nitrogen and oxygen atoms in total. The van der Waals surface area contributed by atoms with E-state index in [2.05, 4.69) is 10.2 Å². The Morgan fingerprint density at radius 3 is 2.75 bits per heavy atom. The smallest absolute Gasteiger partial charge is 0.267 e. The first-order valence-electron chi connectivity index (χ1n) is 4.25. The summed E-state index contributed by atoms with van der Waals surface area (Å²) in [6.45, 7) is 0. The fourth-order valence-electron chi connectivity index (χ4n) is 1.19. The van der Waals surface area contributed by atoms with Crippen molar-refractivity contribution in [3.8, 4) is 0 Å². The van der Waals surface area contributed by atoms with Gasteiger partial charge in [0.25, 0.3) is 5.91 Å². The van der Waals surface area contributed by atoms with Gasteiger partial charge < -0.3 is 5.73 Å². The topological polar surface area (TPSA) is 73.8 Å². The van der Waals surface area contributed by atoms with E-state index in [0.717, 1.165) is 4.57 Å². The minimum Gasteiger partial charge on any atom is -0.368 e. The Labute approximate surface area is 101 Å². The quantitative estimate of drug-likeness (QED) is 0.846. The van der Waals surface area contributed by atoms with Crippen LogP contribution in [0.3, 0.4) is 0 Å². The number of hydrogen-bond donors (Lipinski definition) is 1. The van der Waals surface area contributed by atoms with E-state index in [1.807, 2.05) is 0 Å². The van der Waals surface area contributed by atoms with E-state index in [1.165, 1.54) is 18.5 Å². The third-order valence-corrected chi connectivity index (χ3v) is 2.52. The van der Waals surface area contributed by atoms with Gasteiger partial charge in [0.1, 0.15) is 6.33 Å². The summed E-state index contributed by atoms with van der Waals surface area (Å²) < 4.78 is 1.09. The Kier molecular flexibility index (Phi) is 2.80. The van der Waals surface area contributed by atoms with Crippen LogP contribution < -0.4 is 5.73 Å². The van der Waals surface area contributed by atoms with Crippen LogP contribution in [-0.2, 0) is 0 Å². The molecule has 2 rings (SSSR count). The number of hydrogen-bond acceptors (Lipinski definition) is 4. The number of halogens is 2. The molecule has 0 saturated carbocycles. The maximum Gasteiger partial charge on any atom is 0.267 e. The minimum atomic E-state index is -0.421. The largest absolute Gasteiger partial charge is 0.368 e. The van der Waals surface area contributed by atoms with Crippen LogP contribution in [0.5, 0.6) is 0 Å². The van der Waals surface area contributed by atoms with Gasteiger partial charge in [0, 0.05) is 5.02 Å². The highest BCUT2D eigenvalue weighted by atomic mass is 35.5. The third kappa shape index (κ3) is 1.87. The maximum absolute atomic E-state index is 12.0. The fraction of sp³-hybridized carbons (Fsp3) is 0. The van der Waals surface area contributed by atoms with Gasteiger partial charge in [0.15, 0.2) is 0 Å². The number of aromatic nitrogens is 3. The molecule has 1 heterocycles. The van der Waals surface area contributed by atoms with E-state index in [0.29, 0.717) is 10.0 Å². The van der Waals surface area contributed by atoms with Crippen molar-refractivity contribution in [1.82, 2.24) is 14.8 Å². The summed E-state index contributed by atoms with van der Waals surface area (Å²) in [5.41, 5.74) is 5.71. The van der Waals surface area contributed by atoms with Crippen molar-refractivity contribution in [2.75, 3.05) is 5.73 Å². The molecule has 16 heavy (non-hydrogen) atoms. The van der Waals surface area contributed by atoms with Gasteiger partial charge in [0.2, 0.25) is 5.95 Å². The monoisotopic (exact) mass is 256 g/mol. The lowest BCUT2D eigenvalue weighted by atomic mass is 10.2. The summed E-state index contributed by atoms with van der Waals surface area (Å²) in [5.74, 6) is -0.420. The SMILES string of the molecule is Nc1nncn1C(=O)c1cc(Cl)ccc1Cl. The second-order valence-electron chi connectivity index (χ2n) is 2.99. The number of carbonyl (C=O) groups excluding carboxylic acids is 1. The van der Waals surface area contributed by atoms with Crippen LogP contribution in [0.4, 0.5) is 5.95 Å². The summed E-state index contributed by atoms with van der Waals surface area (Å²) >= 11 is 11.7. The number of nitrogens with two attached hydrogens (primary N) is 1. The molecule has 7 heteroatoms. The molecule has 0 unspecified atom stereocenters. The van der Waals surface area contributed by atoms with Crippen molar-refractivity contribution in [3.05, 3.63) is 40.1 Å². The zero-order valence-corrected chi connectivity index (χ0v) is 9.40. The first-order chi connectivity index (χ1) is 7.59. The molecule has 0 aliphatic heterocycles. The number of carbonyl (C=O) groups is 1. The van der Waals surface area contributed by atoms with Crippen molar-refractivity contribution in [2.24, 2.45) is 0 Å². The number of rotatable bonds is 1. The predicted molar refractivity (Wildman–Crippen MR) is 60.6 cm³/mol. The highest BCUT2D eigenvalue weighted by molar-refractivity contribution is 6.35. The molecule has 1 aromatic carbocycles. The van der Waals surface area contributed by atoms with Gasteiger partial charge in [-0.25, -0.2) is 4.57 Å². The standard InChI is InChI=1S/C9H6Cl2N4O/c10-5-1-2-7(11)6(3-5)8(16)15-4-13-14-9(15)12/h1-4H,(H2,12,14).